The third kappa shape index (κ3) is 2.88. The van der Waals surface area contributed by atoms with Gasteiger partial charge in [0.1, 0.15) is 0 Å². The summed E-state index contributed by atoms with van der Waals surface area (Å²) >= 11 is 2.03. The molecule has 1 heteroatoms. The molecule has 0 spiro atoms. The van der Waals surface area contributed by atoms with Gasteiger partial charge in [0.25, 0.3) is 0 Å². The van der Waals surface area contributed by atoms with E-state index in [9.17, 15) is 0 Å². The summed E-state index contributed by atoms with van der Waals surface area (Å²) in [6.07, 6.45) is 7.58. The number of hydrogen-bond donors (Lipinski definition) is 0. The second kappa shape index (κ2) is 5.41. The number of rotatable bonds is 3. The first-order valence-corrected chi connectivity index (χ1v) is 6.62. The molecule has 0 radical (unpaired) electrons. The van der Waals surface area contributed by atoms with Crippen molar-refractivity contribution in [2.75, 3.05) is 0 Å². The molecule has 1 aromatic carbocycles. The van der Waals surface area contributed by atoms with Crippen LogP contribution in [0.2, 0.25) is 0 Å². The third-order valence-electron chi connectivity index (χ3n) is 3.09. The van der Waals surface area contributed by atoms with Gasteiger partial charge in [-0.25, -0.2) is 0 Å². The molecule has 0 nitrogen and oxygen atoms in total. The summed E-state index contributed by atoms with van der Waals surface area (Å²) in [6, 6.07) is 10.7. The SMILES string of the molecule is C=CC1CCCCC1Sc1ccccc1. The normalized spacial score (nSPS) is 26.1. The van der Waals surface area contributed by atoms with Crippen molar-refractivity contribution < 1.29 is 0 Å². The lowest BCUT2D eigenvalue weighted by atomic mass is 9.89. The first-order valence-electron chi connectivity index (χ1n) is 5.74. The molecule has 0 heterocycles. The fourth-order valence-electron chi connectivity index (χ4n) is 2.22. The minimum absolute atomic E-state index is 0.712. The van der Waals surface area contributed by atoms with Gasteiger partial charge in [-0.15, -0.1) is 18.3 Å². The average Bonchev–Trinajstić information content (AvgIpc) is 2.31. The standard InChI is InChI=1S/C14H18S/c1-2-12-8-6-7-11-14(12)15-13-9-4-3-5-10-13/h2-5,9-10,12,14H,1,6-8,11H2. The quantitative estimate of drug-likeness (QED) is 0.672. The fraction of sp³-hybridized carbons (Fsp3) is 0.429. The largest absolute Gasteiger partial charge is 0.122 e. The van der Waals surface area contributed by atoms with Crippen molar-refractivity contribution in [1.29, 1.82) is 0 Å². The molecule has 80 valence electrons. The maximum atomic E-state index is 3.96. The Hall–Kier alpha value is -0.690. The number of thioether (sulfide) groups is 1. The smallest absolute Gasteiger partial charge is 0.0157 e. The molecular formula is C14H18S. The van der Waals surface area contributed by atoms with Crippen LogP contribution in [0.1, 0.15) is 25.7 Å². The Morgan fingerprint density at radius 1 is 1.13 bits per heavy atom. The predicted molar refractivity (Wildman–Crippen MR) is 68.2 cm³/mol. The Bertz CT molecular complexity index is 304. The van der Waals surface area contributed by atoms with Crippen molar-refractivity contribution in [3.8, 4) is 0 Å². The van der Waals surface area contributed by atoms with Crippen LogP contribution in [0.4, 0.5) is 0 Å². The van der Waals surface area contributed by atoms with Gasteiger partial charge in [-0.3, -0.25) is 0 Å². The van der Waals surface area contributed by atoms with E-state index in [2.05, 4.69) is 43.0 Å². The Balaban J connectivity index is 2.00. The summed E-state index contributed by atoms with van der Waals surface area (Å²) in [4.78, 5) is 1.40. The van der Waals surface area contributed by atoms with Gasteiger partial charge in [-0.2, -0.15) is 0 Å². The highest BCUT2D eigenvalue weighted by atomic mass is 32.2. The summed E-state index contributed by atoms with van der Waals surface area (Å²) in [5, 5.41) is 0.749. The highest BCUT2D eigenvalue weighted by Gasteiger charge is 2.23. The molecule has 1 saturated carbocycles. The van der Waals surface area contributed by atoms with Crippen molar-refractivity contribution in [2.45, 2.75) is 35.8 Å². The molecule has 0 aliphatic heterocycles. The van der Waals surface area contributed by atoms with Crippen LogP contribution in [0.25, 0.3) is 0 Å². The van der Waals surface area contributed by atoms with Crippen molar-refractivity contribution >= 4 is 11.8 Å². The van der Waals surface area contributed by atoms with E-state index in [-0.39, 0.29) is 0 Å². The number of hydrogen-bond acceptors (Lipinski definition) is 1. The second-order valence-corrected chi connectivity index (χ2v) is 5.47. The fourth-order valence-corrected chi connectivity index (χ4v) is 3.59. The van der Waals surface area contributed by atoms with Crippen molar-refractivity contribution in [3.63, 3.8) is 0 Å². The van der Waals surface area contributed by atoms with Gasteiger partial charge in [0.15, 0.2) is 0 Å². The van der Waals surface area contributed by atoms with Crippen LogP contribution >= 0.6 is 11.8 Å². The molecular weight excluding hydrogens is 200 g/mol. The van der Waals surface area contributed by atoms with Gasteiger partial charge in [0.2, 0.25) is 0 Å². The van der Waals surface area contributed by atoms with Gasteiger partial charge >= 0.3 is 0 Å². The highest BCUT2D eigenvalue weighted by Crippen LogP contribution is 2.37. The lowest BCUT2D eigenvalue weighted by molar-refractivity contribution is 0.432. The maximum Gasteiger partial charge on any atom is 0.0157 e. The summed E-state index contributed by atoms with van der Waals surface area (Å²) < 4.78 is 0. The van der Waals surface area contributed by atoms with E-state index in [1.807, 2.05) is 11.8 Å². The van der Waals surface area contributed by atoms with Crippen LogP contribution in [0.15, 0.2) is 47.9 Å². The van der Waals surface area contributed by atoms with Gasteiger partial charge in [0, 0.05) is 10.1 Å². The van der Waals surface area contributed by atoms with Crippen LogP contribution in [-0.4, -0.2) is 5.25 Å². The molecule has 2 rings (SSSR count). The van der Waals surface area contributed by atoms with Crippen molar-refractivity contribution in [3.05, 3.63) is 43.0 Å². The van der Waals surface area contributed by atoms with Crippen molar-refractivity contribution in [1.82, 2.24) is 0 Å². The Morgan fingerprint density at radius 2 is 1.87 bits per heavy atom. The molecule has 0 bridgehead atoms. The molecule has 15 heavy (non-hydrogen) atoms. The molecule has 0 N–H and O–H groups in total. The molecule has 1 aliphatic rings. The molecule has 2 unspecified atom stereocenters. The molecule has 1 fully saturated rings. The first kappa shape index (κ1) is 10.8. The maximum absolute atomic E-state index is 3.96. The second-order valence-electron chi connectivity index (χ2n) is 4.15. The van der Waals surface area contributed by atoms with E-state index >= 15 is 0 Å². The lowest BCUT2D eigenvalue weighted by Crippen LogP contribution is -2.19. The van der Waals surface area contributed by atoms with Crippen LogP contribution in [0, 0.1) is 5.92 Å². The summed E-state index contributed by atoms with van der Waals surface area (Å²) in [7, 11) is 0. The molecule has 1 aliphatic carbocycles. The Labute approximate surface area is 96.8 Å². The van der Waals surface area contributed by atoms with Crippen LogP contribution in [0.5, 0.6) is 0 Å². The molecule has 1 aromatic rings. The predicted octanol–water partition coefficient (Wildman–Crippen LogP) is 4.52. The lowest BCUT2D eigenvalue weighted by Gasteiger charge is -2.28. The zero-order valence-corrected chi connectivity index (χ0v) is 9.88. The van der Waals surface area contributed by atoms with Crippen LogP contribution < -0.4 is 0 Å². The zero-order chi connectivity index (χ0) is 10.5. The van der Waals surface area contributed by atoms with Gasteiger partial charge < -0.3 is 0 Å². The Morgan fingerprint density at radius 3 is 2.60 bits per heavy atom. The van der Waals surface area contributed by atoms with E-state index in [1.165, 1.54) is 30.6 Å². The minimum atomic E-state index is 0.712. The summed E-state index contributed by atoms with van der Waals surface area (Å²) in [6.45, 7) is 3.96. The van der Waals surface area contributed by atoms with Gasteiger partial charge in [-0.05, 0) is 30.9 Å². The van der Waals surface area contributed by atoms with Crippen LogP contribution in [0.3, 0.4) is 0 Å². The summed E-state index contributed by atoms with van der Waals surface area (Å²) in [5.41, 5.74) is 0. The van der Waals surface area contributed by atoms with Crippen molar-refractivity contribution in [2.24, 2.45) is 5.92 Å². The minimum Gasteiger partial charge on any atom is -0.122 e. The van der Waals surface area contributed by atoms with E-state index in [0.717, 1.165) is 5.25 Å². The number of allylic oxidation sites excluding steroid dienone is 1. The van der Waals surface area contributed by atoms with E-state index in [0.29, 0.717) is 5.92 Å². The highest BCUT2D eigenvalue weighted by molar-refractivity contribution is 8.00. The molecule has 0 saturated heterocycles. The zero-order valence-electron chi connectivity index (χ0n) is 9.06. The Kier molecular flexibility index (Phi) is 3.90. The van der Waals surface area contributed by atoms with Gasteiger partial charge in [-0.1, -0.05) is 37.1 Å². The van der Waals surface area contributed by atoms with Gasteiger partial charge in [0.05, 0.1) is 0 Å². The molecule has 2 atom stereocenters. The summed E-state index contributed by atoms with van der Waals surface area (Å²) in [5.74, 6) is 0.712. The monoisotopic (exact) mass is 218 g/mol. The molecule has 0 amide bonds. The van der Waals surface area contributed by atoms with E-state index in [4.69, 9.17) is 0 Å². The van der Waals surface area contributed by atoms with Crippen LogP contribution in [-0.2, 0) is 0 Å². The van der Waals surface area contributed by atoms with E-state index < -0.39 is 0 Å². The third-order valence-corrected chi connectivity index (χ3v) is 4.52. The first-order chi connectivity index (χ1) is 7.40. The van der Waals surface area contributed by atoms with E-state index in [1.54, 1.807) is 0 Å². The topological polar surface area (TPSA) is 0 Å². The average molecular weight is 218 g/mol. The molecule has 0 aromatic heterocycles. The number of benzene rings is 1.